The molecule has 0 aliphatic carbocycles. The van der Waals surface area contributed by atoms with Crippen molar-refractivity contribution >= 4 is 24.1 Å². The molecule has 13 heteroatoms. The summed E-state index contributed by atoms with van der Waals surface area (Å²) in [6, 6.07) is -0.0618. The second kappa shape index (κ2) is 12.1. The number of nitrogens with one attached hydrogen (secondary N) is 2. The highest BCUT2D eigenvalue weighted by atomic mass is 16.6. The summed E-state index contributed by atoms with van der Waals surface area (Å²) in [5.74, 6) is -0.748. The zero-order chi connectivity index (χ0) is 26.5. The average molecular weight is 512 g/mol. The summed E-state index contributed by atoms with van der Waals surface area (Å²) in [5, 5.41) is 19.6. The number of hydrogen-bond acceptors (Lipinski definition) is 9. The lowest BCUT2D eigenvalue weighted by molar-refractivity contribution is -0.137. The van der Waals surface area contributed by atoms with E-state index < -0.39 is 17.7 Å². The van der Waals surface area contributed by atoms with Crippen LogP contribution in [0.5, 0.6) is 0 Å². The number of aliphatic carboxylic acids is 1. The van der Waals surface area contributed by atoms with Gasteiger partial charge >= 0.3 is 18.2 Å². The fourth-order valence-corrected chi connectivity index (χ4v) is 4.73. The Morgan fingerprint density at radius 1 is 1.06 bits per heavy atom. The van der Waals surface area contributed by atoms with Crippen molar-refractivity contribution in [1.82, 2.24) is 29.8 Å². The first kappa shape index (κ1) is 27.9. The number of cyclic esters (lactones) is 1. The van der Waals surface area contributed by atoms with E-state index in [2.05, 4.69) is 20.0 Å². The van der Waals surface area contributed by atoms with Gasteiger partial charge in [-0.05, 0) is 27.2 Å². The van der Waals surface area contributed by atoms with Gasteiger partial charge in [0.05, 0.1) is 12.5 Å². The number of hydrogen-bond donors (Lipinski definition) is 3. The summed E-state index contributed by atoms with van der Waals surface area (Å²) < 4.78 is 10.9. The zero-order valence-corrected chi connectivity index (χ0v) is 21.9. The van der Waals surface area contributed by atoms with Crippen LogP contribution in [0.2, 0.25) is 0 Å². The van der Waals surface area contributed by atoms with Crippen LogP contribution in [0.1, 0.15) is 33.6 Å². The summed E-state index contributed by atoms with van der Waals surface area (Å²) >= 11 is 0. The molecule has 36 heavy (non-hydrogen) atoms. The van der Waals surface area contributed by atoms with Gasteiger partial charge in [0.1, 0.15) is 5.60 Å². The van der Waals surface area contributed by atoms with Crippen LogP contribution >= 0.6 is 0 Å². The number of carboxylic acid groups (broad SMARTS) is 1. The largest absolute Gasteiger partial charge is 0.481 e. The van der Waals surface area contributed by atoms with E-state index in [1.54, 1.807) is 32.7 Å². The first-order valence-electron chi connectivity index (χ1n) is 12.6. The van der Waals surface area contributed by atoms with Crippen LogP contribution in [0.3, 0.4) is 0 Å². The summed E-state index contributed by atoms with van der Waals surface area (Å²) in [4.78, 5) is 45.2. The van der Waals surface area contributed by atoms with Crippen molar-refractivity contribution in [3.05, 3.63) is 0 Å². The molecule has 0 spiro atoms. The molecule has 13 nitrogen and oxygen atoms in total. The van der Waals surface area contributed by atoms with Crippen molar-refractivity contribution in [3.63, 3.8) is 0 Å². The molecule has 0 radical (unpaired) electrons. The number of carbonyl (C=O) groups excluding carboxylic acids is 2. The van der Waals surface area contributed by atoms with Crippen LogP contribution in [-0.4, -0.2) is 144 Å². The quantitative estimate of drug-likeness (QED) is 0.323. The molecule has 3 aliphatic heterocycles. The third-order valence-electron chi connectivity index (χ3n) is 6.79. The molecular weight excluding hydrogens is 470 g/mol. The maximum absolute atomic E-state index is 12.3. The number of amides is 2. The Morgan fingerprint density at radius 2 is 1.64 bits per heavy atom. The highest BCUT2D eigenvalue weighted by Crippen LogP contribution is 2.25. The molecule has 3 aliphatic rings. The van der Waals surface area contributed by atoms with Crippen molar-refractivity contribution in [2.24, 2.45) is 0 Å². The molecular formula is C23H41N7O6. The van der Waals surface area contributed by atoms with Gasteiger partial charge in [-0.3, -0.25) is 25.3 Å². The Labute approximate surface area is 212 Å². The predicted molar refractivity (Wildman–Crippen MR) is 132 cm³/mol. The number of likely N-dealkylation sites (N-methyl/N-ethyl adjacent to an activating group) is 1. The zero-order valence-electron chi connectivity index (χ0n) is 21.9. The molecule has 3 heterocycles. The first-order valence-corrected chi connectivity index (χ1v) is 12.6. The van der Waals surface area contributed by atoms with Gasteiger partial charge in [-0.1, -0.05) is 0 Å². The number of ether oxygens (including phenoxy) is 2. The normalized spacial score (nSPS) is 24.5. The summed E-state index contributed by atoms with van der Waals surface area (Å²) in [7, 11) is 1.78. The maximum atomic E-state index is 12.3. The third-order valence-corrected chi connectivity index (χ3v) is 6.79. The lowest BCUT2D eigenvalue weighted by Crippen LogP contribution is -2.55. The van der Waals surface area contributed by atoms with E-state index in [4.69, 9.17) is 20.0 Å². The van der Waals surface area contributed by atoms with Gasteiger partial charge in [0.15, 0.2) is 6.23 Å². The van der Waals surface area contributed by atoms with Crippen molar-refractivity contribution in [1.29, 1.82) is 5.41 Å². The van der Waals surface area contributed by atoms with Crippen LogP contribution in [0.25, 0.3) is 0 Å². The smallest absolute Gasteiger partial charge is 0.414 e. The van der Waals surface area contributed by atoms with E-state index in [1.807, 2.05) is 4.90 Å². The minimum absolute atomic E-state index is 0.0426. The predicted octanol–water partition coefficient (Wildman–Crippen LogP) is 0.323. The molecule has 0 aromatic rings. The van der Waals surface area contributed by atoms with Gasteiger partial charge in [-0.2, -0.15) is 0 Å². The molecule has 3 saturated heterocycles. The third kappa shape index (κ3) is 7.93. The monoisotopic (exact) mass is 511 g/mol. The van der Waals surface area contributed by atoms with Crippen molar-refractivity contribution in [2.45, 2.75) is 51.5 Å². The van der Waals surface area contributed by atoms with Crippen molar-refractivity contribution in [2.75, 3.05) is 72.5 Å². The van der Waals surface area contributed by atoms with Gasteiger partial charge in [0.2, 0.25) is 5.96 Å². The van der Waals surface area contributed by atoms with Gasteiger partial charge in [-0.15, -0.1) is 0 Å². The van der Waals surface area contributed by atoms with E-state index in [0.29, 0.717) is 19.6 Å². The highest BCUT2D eigenvalue weighted by Gasteiger charge is 2.43. The van der Waals surface area contributed by atoms with Gasteiger partial charge in [0.25, 0.3) is 0 Å². The number of piperazine rings is 2. The van der Waals surface area contributed by atoms with E-state index >= 15 is 0 Å². The Morgan fingerprint density at radius 3 is 2.22 bits per heavy atom. The standard InChI is InChI=1S/C23H41N7O6/c1-23(2,3)36-21(33)25-20(24)30-15-11-27(12-16-30)7-5-17-19(35-22(34)26(17)4)29-13-9-28(10-14-29)8-6-18(31)32/h17,19H,5-16H2,1-4H3,(H,31,32)(H2,24,25,33). The molecule has 3 rings (SSSR count). The molecule has 0 aromatic heterocycles. The van der Waals surface area contributed by atoms with Gasteiger partial charge < -0.3 is 29.3 Å². The number of guanidine groups is 1. The molecule has 0 bridgehead atoms. The molecule has 2 atom stereocenters. The number of rotatable bonds is 7. The van der Waals surface area contributed by atoms with Crippen LogP contribution in [0.4, 0.5) is 9.59 Å². The fraction of sp³-hybridized carbons (Fsp3) is 0.826. The SMILES string of the molecule is CN1C(=O)OC(N2CCN(CCC(=O)O)CC2)C1CCN1CCN(C(=N)NC(=O)OC(C)(C)C)CC1. The number of carboxylic acids is 1. The topological polar surface area (TPSA) is 142 Å². The Balaban J connectivity index is 1.43. The minimum atomic E-state index is -0.791. The van der Waals surface area contributed by atoms with Crippen molar-refractivity contribution < 1.29 is 29.0 Å². The lowest BCUT2D eigenvalue weighted by atomic mass is 10.1. The molecule has 2 amide bonds. The number of carbonyl (C=O) groups is 3. The van der Waals surface area contributed by atoms with E-state index in [1.165, 1.54) is 0 Å². The Hall–Kier alpha value is -2.64. The van der Waals surface area contributed by atoms with Crippen LogP contribution in [0, 0.1) is 5.41 Å². The van der Waals surface area contributed by atoms with Crippen LogP contribution in [0.15, 0.2) is 0 Å². The molecule has 3 N–H and O–H groups in total. The molecule has 2 unspecified atom stereocenters. The molecule has 3 fully saturated rings. The van der Waals surface area contributed by atoms with E-state index in [0.717, 1.165) is 52.2 Å². The number of alkyl carbamates (subject to hydrolysis) is 1. The average Bonchev–Trinajstić information content (AvgIpc) is 3.09. The maximum Gasteiger partial charge on any atom is 0.414 e. The molecule has 0 aromatic carbocycles. The molecule has 0 saturated carbocycles. The summed E-state index contributed by atoms with van der Waals surface area (Å²) in [6.07, 6.45) is -0.355. The second-order valence-corrected chi connectivity index (χ2v) is 10.6. The van der Waals surface area contributed by atoms with E-state index in [-0.39, 0.29) is 30.7 Å². The fourth-order valence-electron chi connectivity index (χ4n) is 4.73. The highest BCUT2D eigenvalue weighted by molar-refractivity contribution is 5.92. The first-order chi connectivity index (χ1) is 16.9. The molecule has 204 valence electrons. The summed E-state index contributed by atoms with van der Waals surface area (Å²) in [5.41, 5.74) is -0.618. The minimum Gasteiger partial charge on any atom is -0.481 e. The number of nitrogens with zero attached hydrogens (tertiary/aromatic N) is 5. The summed E-state index contributed by atoms with van der Waals surface area (Å²) in [6.45, 7) is 12.4. The van der Waals surface area contributed by atoms with Gasteiger partial charge in [-0.25, -0.2) is 9.59 Å². The second-order valence-electron chi connectivity index (χ2n) is 10.6. The lowest BCUT2D eigenvalue weighted by Gasteiger charge is -2.39. The van der Waals surface area contributed by atoms with Gasteiger partial charge in [0, 0.05) is 72.5 Å². The van der Waals surface area contributed by atoms with Crippen LogP contribution < -0.4 is 5.32 Å². The van der Waals surface area contributed by atoms with Crippen molar-refractivity contribution in [3.8, 4) is 0 Å². The van der Waals surface area contributed by atoms with Crippen LogP contribution in [-0.2, 0) is 14.3 Å². The van der Waals surface area contributed by atoms with E-state index in [9.17, 15) is 14.4 Å². The Bertz CT molecular complexity index is 803. The Kier molecular flexibility index (Phi) is 9.36.